The van der Waals surface area contributed by atoms with Crippen molar-refractivity contribution in [2.24, 2.45) is 0 Å². The zero-order valence-corrected chi connectivity index (χ0v) is 20.8. The van der Waals surface area contributed by atoms with Crippen LogP contribution in [0.5, 0.6) is 0 Å². The summed E-state index contributed by atoms with van der Waals surface area (Å²) in [5.74, 6) is 0.293. The summed E-state index contributed by atoms with van der Waals surface area (Å²) in [5, 5.41) is 0. The van der Waals surface area contributed by atoms with Gasteiger partial charge in [0.25, 0.3) is 0 Å². The average molecular weight is 423 g/mol. The molecule has 0 saturated carbocycles. The van der Waals surface area contributed by atoms with E-state index < -0.39 is 0 Å². The standard InChI is InChI=1S/C22H22.C8H10.C2H6/c1-16-4-10-19(11-5-16)22(20-12-6-17(2)7-13-20)21-14-8-18(3)9-15-21;1-7-4-3-5-8(2)6-7;1-2/h4-15,22H,1-3H3;3-6H,1-2H3;1-2H3. The number of hydrogen-bond acceptors (Lipinski definition) is 0. The van der Waals surface area contributed by atoms with Crippen molar-refractivity contribution >= 4 is 0 Å². The highest BCUT2D eigenvalue weighted by atomic mass is 14.2. The Morgan fingerprint density at radius 1 is 0.375 bits per heavy atom. The highest BCUT2D eigenvalue weighted by Crippen LogP contribution is 2.32. The molecule has 0 amide bonds. The Hall–Kier alpha value is -3.12. The van der Waals surface area contributed by atoms with Crippen LogP contribution in [0.25, 0.3) is 0 Å². The van der Waals surface area contributed by atoms with Gasteiger partial charge >= 0.3 is 0 Å². The summed E-state index contributed by atoms with van der Waals surface area (Å²) in [5.41, 5.74) is 10.6. The molecule has 0 nitrogen and oxygen atoms in total. The molecule has 0 spiro atoms. The van der Waals surface area contributed by atoms with Crippen molar-refractivity contribution in [3.63, 3.8) is 0 Å². The summed E-state index contributed by atoms with van der Waals surface area (Å²) in [4.78, 5) is 0. The van der Waals surface area contributed by atoms with Gasteiger partial charge in [-0.1, -0.05) is 139 Å². The first kappa shape index (κ1) is 25.1. The molecular formula is C32H38. The van der Waals surface area contributed by atoms with E-state index in [4.69, 9.17) is 0 Å². The monoisotopic (exact) mass is 422 g/mol. The van der Waals surface area contributed by atoms with Gasteiger partial charge in [-0.2, -0.15) is 0 Å². The van der Waals surface area contributed by atoms with Crippen LogP contribution in [0, 0.1) is 34.6 Å². The Labute approximate surface area is 196 Å². The third-order valence-electron chi connectivity index (χ3n) is 5.41. The molecule has 0 saturated heterocycles. The molecule has 4 aromatic rings. The molecule has 0 unspecified atom stereocenters. The fourth-order valence-corrected chi connectivity index (χ4v) is 3.66. The van der Waals surface area contributed by atoms with E-state index >= 15 is 0 Å². The normalized spacial score (nSPS) is 10.0. The zero-order chi connectivity index (χ0) is 23.5. The topological polar surface area (TPSA) is 0 Å². The minimum atomic E-state index is 0.293. The second kappa shape index (κ2) is 12.7. The zero-order valence-electron chi connectivity index (χ0n) is 20.8. The molecule has 0 heterocycles. The molecule has 0 N–H and O–H groups in total. The van der Waals surface area contributed by atoms with E-state index in [0.717, 1.165) is 0 Å². The lowest BCUT2D eigenvalue weighted by molar-refractivity contribution is 0.973. The average Bonchev–Trinajstić information content (AvgIpc) is 2.79. The molecule has 0 radical (unpaired) electrons. The Bertz CT molecular complexity index is 927. The first-order valence-corrected chi connectivity index (χ1v) is 11.7. The van der Waals surface area contributed by atoms with Crippen molar-refractivity contribution in [2.75, 3.05) is 0 Å². The van der Waals surface area contributed by atoms with Crippen molar-refractivity contribution < 1.29 is 0 Å². The third kappa shape index (κ3) is 7.54. The molecule has 0 atom stereocenters. The maximum absolute atomic E-state index is 2.25. The van der Waals surface area contributed by atoms with E-state index in [1.54, 1.807) is 0 Å². The molecule has 32 heavy (non-hydrogen) atoms. The van der Waals surface area contributed by atoms with Gasteiger partial charge < -0.3 is 0 Å². The third-order valence-corrected chi connectivity index (χ3v) is 5.41. The van der Waals surface area contributed by atoms with Gasteiger partial charge in [0.1, 0.15) is 0 Å². The molecule has 0 aliphatic carbocycles. The molecule has 4 rings (SSSR count). The van der Waals surface area contributed by atoms with Gasteiger partial charge in [0.2, 0.25) is 0 Å². The van der Waals surface area contributed by atoms with Gasteiger partial charge in [-0.15, -0.1) is 0 Å². The van der Waals surface area contributed by atoms with Gasteiger partial charge in [0, 0.05) is 5.92 Å². The smallest absolute Gasteiger partial charge is 0.0339 e. The molecule has 166 valence electrons. The van der Waals surface area contributed by atoms with Crippen molar-refractivity contribution in [3.8, 4) is 0 Å². The fourth-order valence-electron chi connectivity index (χ4n) is 3.66. The largest absolute Gasteiger partial charge is 0.0683 e. The van der Waals surface area contributed by atoms with Crippen LogP contribution in [-0.2, 0) is 0 Å². The summed E-state index contributed by atoms with van der Waals surface area (Å²) in [6, 6.07) is 35.1. The Morgan fingerprint density at radius 2 is 0.656 bits per heavy atom. The Balaban J connectivity index is 0.000000304. The molecule has 0 heteroatoms. The highest BCUT2D eigenvalue weighted by Gasteiger charge is 2.16. The van der Waals surface area contributed by atoms with E-state index in [-0.39, 0.29) is 0 Å². The number of hydrogen-bond donors (Lipinski definition) is 0. The summed E-state index contributed by atoms with van der Waals surface area (Å²) in [7, 11) is 0. The molecule has 0 aromatic heterocycles. The van der Waals surface area contributed by atoms with E-state index in [1.807, 2.05) is 13.8 Å². The van der Waals surface area contributed by atoms with Crippen LogP contribution >= 0.6 is 0 Å². The van der Waals surface area contributed by atoms with Crippen molar-refractivity contribution in [1.29, 1.82) is 0 Å². The maximum Gasteiger partial charge on any atom is 0.0339 e. The SMILES string of the molecule is CC.Cc1ccc(C(c2ccc(C)cc2)c2ccc(C)cc2)cc1.Cc1cccc(C)c1. The van der Waals surface area contributed by atoms with Crippen molar-refractivity contribution in [2.45, 2.75) is 54.4 Å². The summed E-state index contributed by atoms with van der Waals surface area (Å²) in [6.45, 7) is 14.6. The van der Waals surface area contributed by atoms with Crippen LogP contribution in [0.4, 0.5) is 0 Å². The maximum atomic E-state index is 2.25. The highest BCUT2D eigenvalue weighted by molar-refractivity contribution is 5.44. The lowest BCUT2D eigenvalue weighted by Gasteiger charge is -2.19. The molecular weight excluding hydrogens is 384 g/mol. The lowest BCUT2D eigenvalue weighted by atomic mass is 9.84. The van der Waals surface area contributed by atoms with E-state index in [9.17, 15) is 0 Å². The molecule has 0 bridgehead atoms. The van der Waals surface area contributed by atoms with Crippen LogP contribution < -0.4 is 0 Å². The van der Waals surface area contributed by atoms with Gasteiger partial charge in [-0.05, 0) is 51.3 Å². The summed E-state index contributed by atoms with van der Waals surface area (Å²) in [6.07, 6.45) is 0. The van der Waals surface area contributed by atoms with Gasteiger partial charge in [-0.25, -0.2) is 0 Å². The minimum Gasteiger partial charge on any atom is -0.0683 e. The summed E-state index contributed by atoms with van der Waals surface area (Å²) < 4.78 is 0. The van der Waals surface area contributed by atoms with Crippen LogP contribution in [0.3, 0.4) is 0 Å². The fraction of sp³-hybridized carbons (Fsp3) is 0.250. The number of aryl methyl sites for hydroxylation is 5. The second-order valence-corrected chi connectivity index (χ2v) is 8.32. The lowest BCUT2D eigenvalue weighted by Crippen LogP contribution is -2.03. The van der Waals surface area contributed by atoms with E-state index in [1.165, 1.54) is 44.5 Å². The molecule has 4 aromatic carbocycles. The Kier molecular flexibility index (Phi) is 9.95. The van der Waals surface area contributed by atoms with Crippen LogP contribution in [0.15, 0.2) is 97.1 Å². The van der Waals surface area contributed by atoms with Crippen LogP contribution in [0.2, 0.25) is 0 Å². The summed E-state index contributed by atoms with van der Waals surface area (Å²) >= 11 is 0. The minimum absolute atomic E-state index is 0.293. The second-order valence-electron chi connectivity index (χ2n) is 8.32. The van der Waals surface area contributed by atoms with Crippen LogP contribution in [0.1, 0.15) is 64.3 Å². The molecule has 0 aliphatic heterocycles. The number of rotatable bonds is 3. The Morgan fingerprint density at radius 3 is 0.875 bits per heavy atom. The van der Waals surface area contributed by atoms with E-state index in [2.05, 4.69) is 132 Å². The predicted molar refractivity (Wildman–Crippen MR) is 142 cm³/mol. The number of benzene rings is 4. The first-order valence-electron chi connectivity index (χ1n) is 11.7. The van der Waals surface area contributed by atoms with E-state index in [0.29, 0.717) is 5.92 Å². The van der Waals surface area contributed by atoms with Gasteiger partial charge in [-0.3, -0.25) is 0 Å². The first-order chi connectivity index (χ1) is 15.4. The van der Waals surface area contributed by atoms with Crippen LogP contribution in [-0.4, -0.2) is 0 Å². The van der Waals surface area contributed by atoms with Gasteiger partial charge in [0.05, 0.1) is 0 Å². The molecule has 0 fully saturated rings. The van der Waals surface area contributed by atoms with Crippen molar-refractivity contribution in [1.82, 2.24) is 0 Å². The predicted octanol–water partition coefficient (Wildman–Crippen LogP) is 9.12. The van der Waals surface area contributed by atoms with Crippen molar-refractivity contribution in [3.05, 3.63) is 142 Å². The molecule has 0 aliphatic rings. The quantitative estimate of drug-likeness (QED) is 0.289. The van der Waals surface area contributed by atoms with Gasteiger partial charge in [0.15, 0.2) is 0 Å².